The van der Waals surface area contributed by atoms with Crippen molar-refractivity contribution in [1.29, 1.82) is 0 Å². The number of hydrogen-bond acceptors (Lipinski definition) is 4. The Hall–Kier alpha value is -3.41. The van der Waals surface area contributed by atoms with Crippen LogP contribution in [0.1, 0.15) is 28.9 Å². The highest BCUT2D eigenvalue weighted by Crippen LogP contribution is 2.43. The van der Waals surface area contributed by atoms with Crippen molar-refractivity contribution >= 4 is 11.6 Å². The van der Waals surface area contributed by atoms with Crippen molar-refractivity contribution in [2.24, 2.45) is 0 Å². The molecule has 1 amide bonds. The zero-order chi connectivity index (χ0) is 19.4. The second-order valence-electron chi connectivity index (χ2n) is 7.85. The first-order chi connectivity index (χ1) is 14.2. The van der Waals surface area contributed by atoms with Gasteiger partial charge in [-0.05, 0) is 55.3 Å². The van der Waals surface area contributed by atoms with E-state index >= 15 is 0 Å². The van der Waals surface area contributed by atoms with Gasteiger partial charge in [0, 0.05) is 30.5 Å². The molecule has 0 aliphatic carbocycles. The van der Waals surface area contributed by atoms with Crippen molar-refractivity contribution < 1.29 is 14.3 Å². The maximum Gasteiger partial charge on any atom is 0.253 e. The third-order valence-electron chi connectivity index (χ3n) is 6.30. The summed E-state index contributed by atoms with van der Waals surface area (Å²) in [7, 11) is 0. The van der Waals surface area contributed by atoms with Gasteiger partial charge in [-0.1, -0.05) is 12.1 Å². The molecule has 0 bridgehead atoms. The van der Waals surface area contributed by atoms with Crippen LogP contribution in [0.15, 0.2) is 60.8 Å². The minimum absolute atomic E-state index is 0.0461. The molecule has 6 rings (SSSR count). The monoisotopic (exact) mass is 387 g/mol. The van der Waals surface area contributed by atoms with E-state index in [1.165, 1.54) is 11.4 Å². The number of carbonyl (C=O) groups is 1. The van der Waals surface area contributed by atoms with Gasteiger partial charge in [-0.3, -0.25) is 4.79 Å². The number of para-hydroxylation sites is 2. The third kappa shape index (κ3) is 2.45. The number of nitrogens with zero attached hydrogens (tertiary/aromatic N) is 2. The number of anilines is 1. The zero-order valence-corrected chi connectivity index (χ0v) is 15.9. The molecule has 0 atom stereocenters. The van der Waals surface area contributed by atoms with Crippen LogP contribution in [0.25, 0.3) is 5.69 Å². The standard InChI is InChI=1S/C23H21N3O3/c27-22(16-7-8-19-20(14-16)29-15-28-19)25-12-9-23(10-13-25)21-6-3-11-26(21)18-5-2-1-4-17(18)24-23/h1-8,11,14,24H,9-10,12-13,15H2. The van der Waals surface area contributed by atoms with Crippen LogP contribution in [0.4, 0.5) is 5.69 Å². The topological polar surface area (TPSA) is 55.7 Å². The first-order valence-corrected chi connectivity index (χ1v) is 9.98. The number of nitrogens with one attached hydrogen (secondary N) is 1. The number of piperidine rings is 1. The maximum absolute atomic E-state index is 13.1. The molecule has 1 spiro atoms. The normalized spacial score (nSPS) is 18.1. The number of carbonyl (C=O) groups excluding carboxylic acids is 1. The van der Waals surface area contributed by atoms with Gasteiger partial charge in [-0.15, -0.1) is 0 Å². The van der Waals surface area contributed by atoms with Gasteiger partial charge >= 0.3 is 0 Å². The molecule has 0 saturated carbocycles. The number of likely N-dealkylation sites (tertiary alicyclic amines) is 1. The summed E-state index contributed by atoms with van der Waals surface area (Å²) >= 11 is 0. The van der Waals surface area contributed by atoms with Gasteiger partial charge in [0.05, 0.1) is 16.9 Å². The summed E-state index contributed by atoms with van der Waals surface area (Å²) in [6.45, 7) is 1.62. The van der Waals surface area contributed by atoms with Gasteiger partial charge in [-0.2, -0.15) is 0 Å². The minimum atomic E-state index is -0.149. The van der Waals surface area contributed by atoms with E-state index in [-0.39, 0.29) is 18.2 Å². The quantitative estimate of drug-likeness (QED) is 0.691. The lowest BCUT2D eigenvalue weighted by atomic mass is 9.82. The Morgan fingerprint density at radius 2 is 1.79 bits per heavy atom. The van der Waals surface area contributed by atoms with Crippen LogP contribution in [-0.4, -0.2) is 35.3 Å². The third-order valence-corrected chi connectivity index (χ3v) is 6.30. The van der Waals surface area contributed by atoms with E-state index in [1.54, 1.807) is 6.07 Å². The second-order valence-corrected chi connectivity index (χ2v) is 7.85. The number of amides is 1. The molecule has 1 aromatic heterocycles. The Labute approximate surface area is 168 Å². The highest BCUT2D eigenvalue weighted by molar-refractivity contribution is 5.95. The smallest absolute Gasteiger partial charge is 0.253 e. The molecule has 2 aromatic carbocycles. The van der Waals surface area contributed by atoms with Crippen molar-refractivity contribution in [3.05, 3.63) is 72.1 Å². The summed E-state index contributed by atoms with van der Waals surface area (Å²) in [6.07, 6.45) is 3.85. The van der Waals surface area contributed by atoms with Crippen molar-refractivity contribution in [2.75, 3.05) is 25.2 Å². The largest absolute Gasteiger partial charge is 0.454 e. The SMILES string of the molecule is O=C(c1ccc2c(c1)OCO2)N1CCC2(CC1)Nc1ccccc1-n1cccc12. The molecule has 3 aliphatic heterocycles. The fraction of sp³-hybridized carbons (Fsp3) is 0.261. The average Bonchev–Trinajstić information content (AvgIpc) is 3.44. The van der Waals surface area contributed by atoms with Crippen molar-refractivity contribution in [2.45, 2.75) is 18.4 Å². The maximum atomic E-state index is 13.1. The van der Waals surface area contributed by atoms with Crippen LogP contribution in [0.2, 0.25) is 0 Å². The first kappa shape index (κ1) is 16.5. The summed E-state index contributed by atoms with van der Waals surface area (Å²) < 4.78 is 13.1. The van der Waals surface area contributed by atoms with Crippen LogP contribution in [0.5, 0.6) is 11.5 Å². The number of aromatic nitrogens is 1. The summed E-state index contributed by atoms with van der Waals surface area (Å²) in [5.41, 5.74) is 4.09. The van der Waals surface area contributed by atoms with Gasteiger partial charge in [-0.25, -0.2) is 0 Å². The van der Waals surface area contributed by atoms with Crippen LogP contribution >= 0.6 is 0 Å². The van der Waals surface area contributed by atoms with Crippen LogP contribution in [0.3, 0.4) is 0 Å². The molecule has 0 radical (unpaired) electrons. The van der Waals surface area contributed by atoms with E-state index in [9.17, 15) is 4.79 Å². The van der Waals surface area contributed by atoms with E-state index in [1.807, 2.05) is 17.0 Å². The van der Waals surface area contributed by atoms with Crippen LogP contribution in [-0.2, 0) is 5.54 Å². The number of ether oxygens (including phenoxy) is 2. The summed E-state index contributed by atoms with van der Waals surface area (Å²) in [6, 6.07) is 18.1. The number of benzene rings is 2. The molecular formula is C23H21N3O3. The van der Waals surface area contributed by atoms with Crippen molar-refractivity contribution in [3.63, 3.8) is 0 Å². The van der Waals surface area contributed by atoms with E-state index in [0.29, 0.717) is 30.2 Å². The highest BCUT2D eigenvalue weighted by Gasteiger charge is 2.42. The van der Waals surface area contributed by atoms with Gasteiger partial charge in [0.15, 0.2) is 11.5 Å². The van der Waals surface area contributed by atoms with Gasteiger partial charge < -0.3 is 24.3 Å². The Morgan fingerprint density at radius 3 is 2.69 bits per heavy atom. The van der Waals surface area contributed by atoms with Crippen LogP contribution in [0, 0.1) is 0 Å². The Kier molecular flexibility index (Phi) is 3.45. The molecule has 0 unspecified atom stereocenters. The average molecular weight is 387 g/mol. The van der Waals surface area contributed by atoms with E-state index in [2.05, 4.69) is 52.5 Å². The number of rotatable bonds is 1. The molecule has 4 heterocycles. The van der Waals surface area contributed by atoms with Crippen LogP contribution < -0.4 is 14.8 Å². The highest BCUT2D eigenvalue weighted by atomic mass is 16.7. The number of fused-ring (bicyclic) bond motifs is 5. The van der Waals surface area contributed by atoms with Crippen molar-refractivity contribution in [1.82, 2.24) is 9.47 Å². The fourth-order valence-corrected chi connectivity index (χ4v) is 4.78. The fourth-order valence-electron chi connectivity index (χ4n) is 4.78. The minimum Gasteiger partial charge on any atom is -0.454 e. The summed E-state index contributed by atoms with van der Waals surface area (Å²) in [4.78, 5) is 15.0. The predicted octanol–water partition coefficient (Wildman–Crippen LogP) is 3.76. The molecule has 1 saturated heterocycles. The van der Waals surface area contributed by atoms with E-state index in [0.717, 1.165) is 18.5 Å². The lowest BCUT2D eigenvalue weighted by molar-refractivity contribution is 0.0676. The van der Waals surface area contributed by atoms with Gasteiger partial charge in [0.25, 0.3) is 5.91 Å². The molecule has 146 valence electrons. The lowest BCUT2D eigenvalue weighted by Crippen LogP contribution is -2.51. The lowest BCUT2D eigenvalue weighted by Gasteiger charge is -2.46. The first-order valence-electron chi connectivity index (χ1n) is 9.98. The Bertz CT molecular complexity index is 1110. The van der Waals surface area contributed by atoms with E-state index in [4.69, 9.17) is 9.47 Å². The number of hydrogen-bond donors (Lipinski definition) is 1. The summed E-state index contributed by atoms with van der Waals surface area (Å²) in [5, 5.41) is 3.79. The van der Waals surface area contributed by atoms with Gasteiger partial charge in [0.2, 0.25) is 6.79 Å². The van der Waals surface area contributed by atoms with E-state index < -0.39 is 0 Å². The Balaban J connectivity index is 1.25. The molecule has 6 nitrogen and oxygen atoms in total. The summed E-state index contributed by atoms with van der Waals surface area (Å²) in [5.74, 6) is 1.39. The molecule has 1 fully saturated rings. The molecule has 29 heavy (non-hydrogen) atoms. The second kappa shape index (κ2) is 6.04. The predicted molar refractivity (Wildman–Crippen MR) is 109 cm³/mol. The molecule has 3 aromatic rings. The molecule has 6 heteroatoms. The molecule has 3 aliphatic rings. The molecular weight excluding hydrogens is 366 g/mol. The van der Waals surface area contributed by atoms with Gasteiger partial charge in [0.1, 0.15) is 0 Å². The zero-order valence-electron chi connectivity index (χ0n) is 15.9. The molecule has 1 N–H and O–H groups in total. The van der Waals surface area contributed by atoms with Crippen molar-refractivity contribution in [3.8, 4) is 17.2 Å². The Morgan fingerprint density at radius 1 is 0.966 bits per heavy atom.